The normalized spacial score (nSPS) is 12.1. The summed E-state index contributed by atoms with van der Waals surface area (Å²) in [6, 6.07) is 5.60. The van der Waals surface area contributed by atoms with E-state index in [2.05, 4.69) is 0 Å². The second kappa shape index (κ2) is 13.8. The zero-order valence-corrected chi connectivity index (χ0v) is 25.3. The third kappa shape index (κ3) is 6.39. The van der Waals surface area contributed by atoms with Crippen molar-refractivity contribution in [2.75, 3.05) is 26.9 Å². The molecule has 0 aliphatic heterocycles. The van der Waals surface area contributed by atoms with E-state index in [0.29, 0.717) is 6.42 Å². The zero-order chi connectivity index (χ0) is 31.2. The van der Waals surface area contributed by atoms with E-state index in [1.807, 2.05) is 13.0 Å². The molecular weight excluding hydrogens is 569 g/mol. The highest BCUT2D eigenvalue weighted by molar-refractivity contribution is 7.20. The maximum atomic E-state index is 14.4. The molecule has 0 fully saturated rings. The molecule has 0 saturated heterocycles. The lowest BCUT2D eigenvalue weighted by Crippen LogP contribution is -2.53. The lowest BCUT2D eigenvalue weighted by atomic mass is 10.0. The molecule has 1 atom stereocenters. The van der Waals surface area contributed by atoms with Gasteiger partial charge < -0.3 is 18.9 Å². The minimum absolute atomic E-state index is 0.0299. The van der Waals surface area contributed by atoms with Crippen LogP contribution in [-0.4, -0.2) is 48.0 Å². The van der Waals surface area contributed by atoms with Crippen LogP contribution in [0, 0.1) is 24.1 Å². The molecule has 42 heavy (non-hydrogen) atoms. The minimum atomic E-state index is -1.74. The lowest BCUT2D eigenvalue weighted by molar-refractivity contribution is -0.153. The van der Waals surface area contributed by atoms with Gasteiger partial charge in [-0.25, -0.2) is 23.3 Å². The Labute approximate surface area is 246 Å². The molecule has 0 radical (unpaired) electrons. The van der Waals surface area contributed by atoms with E-state index in [1.54, 1.807) is 13.8 Å². The summed E-state index contributed by atoms with van der Waals surface area (Å²) in [5, 5.41) is 9.26. The summed E-state index contributed by atoms with van der Waals surface area (Å²) >= 11 is 0.879. The molecule has 0 spiro atoms. The molecule has 1 aromatic carbocycles. The molecule has 3 rings (SSSR count). The number of carbonyl (C=O) groups is 2. The first-order valence-corrected chi connectivity index (χ1v) is 14.2. The number of nitriles is 1. The van der Waals surface area contributed by atoms with Gasteiger partial charge in [0, 0.05) is 5.56 Å². The van der Waals surface area contributed by atoms with Gasteiger partial charge in [-0.2, -0.15) is 5.26 Å². The lowest BCUT2D eigenvalue weighted by Gasteiger charge is -2.27. The van der Waals surface area contributed by atoms with E-state index < -0.39 is 47.3 Å². The predicted molar refractivity (Wildman–Crippen MR) is 153 cm³/mol. The fourth-order valence-corrected chi connectivity index (χ4v) is 5.67. The van der Waals surface area contributed by atoms with Crippen LogP contribution in [0.25, 0.3) is 10.2 Å². The Morgan fingerprint density at radius 1 is 1.19 bits per heavy atom. The molecule has 11 nitrogen and oxygen atoms in total. The molecule has 0 N–H and O–H groups in total. The summed E-state index contributed by atoms with van der Waals surface area (Å²) in [6.45, 7) is 7.38. The van der Waals surface area contributed by atoms with E-state index in [0.717, 1.165) is 28.4 Å². The molecule has 13 heteroatoms. The second-order valence-electron chi connectivity index (χ2n) is 9.88. The predicted octanol–water partition coefficient (Wildman–Crippen LogP) is 4.22. The molecule has 0 aliphatic carbocycles. The van der Waals surface area contributed by atoms with Gasteiger partial charge in [-0.3, -0.25) is 9.36 Å². The standard InChI is InChI=1S/C29H34FN3O8S/c1-7-9-13-41-27(36)29(4,5)33-24(34)22-17(3)23(26(35)39-8-2)42-25(22)32(28(33)37)16-21(40-14-12-31)19-15-18(30)10-11-20(19)38-6/h10-11,15,21H,7-9,13-14,16H2,1-6H3/t21-/m0/s1. The first-order chi connectivity index (χ1) is 19.9. The fraction of sp³-hybridized carbons (Fsp3) is 0.483. The summed E-state index contributed by atoms with van der Waals surface area (Å²) in [5.74, 6) is -1.83. The molecule has 0 amide bonds. The second-order valence-corrected chi connectivity index (χ2v) is 10.9. The molecule has 2 aromatic heterocycles. The Hall–Kier alpha value is -4.02. The summed E-state index contributed by atoms with van der Waals surface area (Å²) in [6.07, 6.45) is 0.264. The first kappa shape index (κ1) is 32.5. The molecule has 226 valence electrons. The third-order valence-corrected chi connectivity index (χ3v) is 7.99. The average molecular weight is 604 g/mol. The van der Waals surface area contributed by atoms with Crippen molar-refractivity contribution in [2.45, 2.75) is 65.6 Å². The molecular formula is C29H34FN3O8S. The summed E-state index contributed by atoms with van der Waals surface area (Å²) in [5.41, 5.74) is -2.93. The fourth-order valence-electron chi connectivity index (χ4n) is 4.47. The minimum Gasteiger partial charge on any atom is -0.496 e. The number of nitrogens with zero attached hydrogens (tertiary/aromatic N) is 3. The van der Waals surface area contributed by atoms with E-state index in [9.17, 15) is 28.8 Å². The van der Waals surface area contributed by atoms with Crippen molar-refractivity contribution < 1.29 is 32.9 Å². The summed E-state index contributed by atoms with van der Waals surface area (Å²) < 4.78 is 38.0. The maximum absolute atomic E-state index is 14.4. The van der Waals surface area contributed by atoms with Gasteiger partial charge in [-0.1, -0.05) is 13.3 Å². The van der Waals surface area contributed by atoms with E-state index >= 15 is 0 Å². The Morgan fingerprint density at radius 2 is 1.90 bits per heavy atom. The van der Waals surface area contributed by atoms with Crippen molar-refractivity contribution in [3.63, 3.8) is 0 Å². The van der Waals surface area contributed by atoms with Crippen LogP contribution in [0.1, 0.15) is 67.4 Å². The number of benzene rings is 1. The van der Waals surface area contributed by atoms with Crippen molar-refractivity contribution in [1.29, 1.82) is 5.26 Å². The molecule has 0 bridgehead atoms. The number of unbranched alkanes of at least 4 members (excludes halogenated alkanes) is 1. The zero-order valence-electron chi connectivity index (χ0n) is 24.4. The van der Waals surface area contributed by atoms with Gasteiger partial charge in [0.2, 0.25) is 0 Å². The highest BCUT2D eigenvalue weighted by atomic mass is 32.1. The van der Waals surface area contributed by atoms with Gasteiger partial charge in [0.15, 0.2) is 0 Å². The van der Waals surface area contributed by atoms with Gasteiger partial charge >= 0.3 is 17.6 Å². The highest BCUT2D eigenvalue weighted by Gasteiger charge is 2.37. The van der Waals surface area contributed by atoms with Crippen molar-refractivity contribution in [3.05, 3.63) is 60.9 Å². The smallest absolute Gasteiger partial charge is 0.348 e. The number of carbonyl (C=O) groups excluding carboxylic acids is 2. The quantitative estimate of drug-likeness (QED) is 0.208. The molecule has 2 heterocycles. The number of esters is 2. The SMILES string of the molecule is CCCCOC(=O)C(C)(C)n1c(=O)c2c(C)c(C(=O)OCC)sc2n(C[C@H](OCC#N)c2cc(F)ccc2OC)c1=O. The van der Waals surface area contributed by atoms with Crippen LogP contribution >= 0.6 is 11.3 Å². The number of ether oxygens (including phenoxy) is 4. The monoisotopic (exact) mass is 603 g/mol. The Morgan fingerprint density at radius 3 is 2.52 bits per heavy atom. The Balaban J connectivity index is 2.36. The van der Waals surface area contributed by atoms with Crippen molar-refractivity contribution in [2.24, 2.45) is 0 Å². The van der Waals surface area contributed by atoms with Crippen LogP contribution in [0.15, 0.2) is 27.8 Å². The summed E-state index contributed by atoms with van der Waals surface area (Å²) in [7, 11) is 1.38. The van der Waals surface area contributed by atoms with Crippen molar-refractivity contribution in [1.82, 2.24) is 9.13 Å². The van der Waals surface area contributed by atoms with Crippen LogP contribution in [0.4, 0.5) is 4.39 Å². The van der Waals surface area contributed by atoms with Gasteiger partial charge in [-0.15, -0.1) is 11.3 Å². The molecule has 3 aromatic rings. The maximum Gasteiger partial charge on any atom is 0.348 e. The van der Waals surface area contributed by atoms with Gasteiger partial charge in [0.1, 0.15) is 39.5 Å². The molecule has 0 aliphatic rings. The van der Waals surface area contributed by atoms with Gasteiger partial charge in [0.05, 0.1) is 38.3 Å². The van der Waals surface area contributed by atoms with Crippen LogP contribution in [0.5, 0.6) is 5.75 Å². The number of hydrogen-bond donors (Lipinski definition) is 0. The Kier molecular flexibility index (Phi) is 10.6. The molecule has 0 unspecified atom stereocenters. The van der Waals surface area contributed by atoms with E-state index in [-0.39, 0.29) is 51.7 Å². The number of hydrogen-bond acceptors (Lipinski definition) is 10. The third-order valence-electron chi connectivity index (χ3n) is 6.70. The van der Waals surface area contributed by atoms with Crippen molar-refractivity contribution in [3.8, 4) is 11.8 Å². The van der Waals surface area contributed by atoms with Crippen LogP contribution in [-0.2, 0) is 31.1 Å². The van der Waals surface area contributed by atoms with Crippen LogP contribution in [0.3, 0.4) is 0 Å². The van der Waals surface area contributed by atoms with E-state index in [1.165, 1.54) is 37.7 Å². The van der Waals surface area contributed by atoms with Gasteiger partial charge in [-0.05, 0) is 57.9 Å². The number of aromatic nitrogens is 2. The average Bonchev–Trinajstić information content (AvgIpc) is 3.30. The number of methoxy groups -OCH3 is 1. The number of rotatable bonds is 13. The first-order valence-electron chi connectivity index (χ1n) is 13.4. The van der Waals surface area contributed by atoms with Crippen molar-refractivity contribution >= 4 is 33.5 Å². The number of thiophene rings is 1. The highest BCUT2D eigenvalue weighted by Crippen LogP contribution is 2.33. The molecule has 0 saturated carbocycles. The number of halogens is 1. The van der Waals surface area contributed by atoms with Crippen LogP contribution < -0.4 is 16.0 Å². The Bertz CT molecular complexity index is 1630. The van der Waals surface area contributed by atoms with Crippen LogP contribution in [0.2, 0.25) is 0 Å². The topological polar surface area (TPSA) is 139 Å². The summed E-state index contributed by atoms with van der Waals surface area (Å²) in [4.78, 5) is 54.2. The number of aryl methyl sites for hydroxylation is 1. The largest absolute Gasteiger partial charge is 0.496 e. The van der Waals surface area contributed by atoms with E-state index in [4.69, 9.17) is 18.9 Å². The van der Waals surface area contributed by atoms with Gasteiger partial charge in [0.25, 0.3) is 5.56 Å². The number of fused-ring (bicyclic) bond motifs is 1.